The molecular formula is C13H21ClN2O. The fourth-order valence-electron chi connectivity index (χ4n) is 2.12. The molecule has 1 aromatic carbocycles. The fraction of sp³-hybridized carbons (Fsp3) is 0.538. The lowest BCUT2D eigenvalue weighted by molar-refractivity contribution is 0.325. The Morgan fingerprint density at radius 3 is 2.59 bits per heavy atom. The van der Waals surface area contributed by atoms with Crippen LogP contribution in [0.1, 0.15) is 18.9 Å². The van der Waals surface area contributed by atoms with Crippen LogP contribution < -0.4 is 10.5 Å². The average molecular weight is 257 g/mol. The molecule has 0 spiro atoms. The van der Waals surface area contributed by atoms with Crippen LogP contribution in [0.25, 0.3) is 0 Å². The van der Waals surface area contributed by atoms with Crippen LogP contribution in [0.4, 0.5) is 0 Å². The first-order valence-electron chi connectivity index (χ1n) is 5.97. The molecule has 96 valence electrons. The first-order chi connectivity index (χ1) is 7.78. The Morgan fingerprint density at radius 2 is 2.06 bits per heavy atom. The summed E-state index contributed by atoms with van der Waals surface area (Å²) in [7, 11) is 0. The van der Waals surface area contributed by atoms with Crippen LogP contribution in [0.2, 0.25) is 0 Å². The van der Waals surface area contributed by atoms with Gasteiger partial charge in [0.05, 0.1) is 6.61 Å². The molecule has 0 aromatic heterocycles. The van der Waals surface area contributed by atoms with Gasteiger partial charge in [-0.25, -0.2) is 0 Å². The van der Waals surface area contributed by atoms with Crippen molar-refractivity contribution >= 4 is 12.4 Å². The van der Waals surface area contributed by atoms with Gasteiger partial charge < -0.3 is 10.5 Å². The number of rotatable bonds is 4. The zero-order valence-electron chi connectivity index (χ0n) is 10.3. The number of benzene rings is 1. The van der Waals surface area contributed by atoms with E-state index >= 15 is 0 Å². The Labute approximate surface area is 109 Å². The summed E-state index contributed by atoms with van der Waals surface area (Å²) in [6.45, 7) is 5.86. The molecule has 1 fully saturated rings. The Hall–Kier alpha value is -0.770. The predicted octanol–water partition coefficient (Wildman–Crippen LogP) is 2.04. The highest BCUT2D eigenvalue weighted by atomic mass is 35.5. The molecule has 3 nitrogen and oxygen atoms in total. The molecule has 1 aliphatic rings. The number of nitrogens with zero attached hydrogens (tertiary/aromatic N) is 1. The maximum atomic E-state index is 5.88. The summed E-state index contributed by atoms with van der Waals surface area (Å²) in [5.74, 6) is 0.948. The molecule has 1 aliphatic heterocycles. The Morgan fingerprint density at radius 1 is 1.35 bits per heavy atom. The minimum absolute atomic E-state index is 0. The van der Waals surface area contributed by atoms with Crippen molar-refractivity contribution in [3.8, 4) is 5.75 Å². The molecule has 1 aromatic rings. The third kappa shape index (κ3) is 4.19. The number of halogens is 1. The van der Waals surface area contributed by atoms with Gasteiger partial charge in [0.2, 0.25) is 0 Å². The largest absolute Gasteiger partial charge is 0.494 e. The van der Waals surface area contributed by atoms with Crippen molar-refractivity contribution in [2.45, 2.75) is 25.9 Å². The highest BCUT2D eigenvalue weighted by Gasteiger charge is 2.18. The molecular weight excluding hydrogens is 236 g/mol. The molecule has 4 heteroatoms. The molecule has 0 radical (unpaired) electrons. The van der Waals surface area contributed by atoms with Gasteiger partial charge in [-0.1, -0.05) is 12.1 Å². The van der Waals surface area contributed by atoms with Crippen LogP contribution in [0.15, 0.2) is 24.3 Å². The van der Waals surface area contributed by atoms with Crippen LogP contribution >= 0.6 is 12.4 Å². The van der Waals surface area contributed by atoms with Gasteiger partial charge in [-0.15, -0.1) is 12.4 Å². The molecule has 0 bridgehead atoms. The van der Waals surface area contributed by atoms with Crippen LogP contribution in [0, 0.1) is 0 Å². The van der Waals surface area contributed by atoms with E-state index in [1.165, 1.54) is 5.56 Å². The maximum Gasteiger partial charge on any atom is 0.119 e. The van der Waals surface area contributed by atoms with Crippen molar-refractivity contribution in [1.29, 1.82) is 0 Å². The number of hydrogen-bond donors (Lipinski definition) is 1. The van der Waals surface area contributed by atoms with E-state index in [0.29, 0.717) is 6.04 Å². The zero-order chi connectivity index (χ0) is 11.4. The highest BCUT2D eigenvalue weighted by molar-refractivity contribution is 5.85. The van der Waals surface area contributed by atoms with E-state index in [1.807, 2.05) is 19.1 Å². The first-order valence-corrected chi connectivity index (χ1v) is 5.97. The predicted molar refractivity (Wildman–Crippen MR) is 72.7 cm³/mol. The van der Waals surface area contributed by atoms with E-state index in [1.54, 1.807) is 0 Å². The summed E-state index contributed by atoms with van der Waals surface area (Å²) in [6, 6.07) is 8.70. The zero-order valence-corrected chi connectivity index (χ0v) is 11.1. The molecule has 0 aliphatic carbocycles. The summed E-state index contributed by atoms with van der Waals surface area (Å²) < 4.78 is 5.41. The lowest BCUT2D eigenvalue weighted by Crippen LogP contribution is -2.26. The van der Waals surface area contributed by atoms with Crippen molar-refractivity contribution in [3.63, 3.8) is 0 Å². The Kier molecular flexibility index (Phi) is 5.75. The lowest BCUT2D eigenvalue weighted by atomic mass is 10.2. The van der Waals surface area contributed by atoms with Crippen molar-refractivity contribution in [2.24, 2.45) is 5.73 Å². The molecule has 1 saturated heterocycles. The van der Waals surface area contributed by atoms with E-state index in [-0.39, 0.29) is 12.4 Å². The minimum Gasteiger partial charge on any atom is -0.494 e. The quantitative estimate of drug-likeness (QED) is 0.896. The van der Waals surface area contributed by atoms with Gasteiger partial charge in [-0.2, -0.15) is 0 Å². The third-order valence-corrected chi connectivity index (χ3v) is 2.95. The number of ether oxygens (including phenoxy) is 1. The van der Waals surface area contributed by atoms with Crippen molar-refractivity contribution in [2.75, 3.05) is 19.7 Å². The van der Waals surface area contributed by atoms with Crippen molar-refractivity contribution < 1.29 is 4.74 Å². The lowest BCUT2D eigenvalue weighted by Gasteiger charge is -2.15. The third-order valence-electron chi connectivity index (χ3n) is 2.95. The normalized spacial score (nSPS) is 20.0. The van der Waals surface area contributed by atoms with Gasteiger partial charge in [0.25, 0.3) is 0 Å². The monoisotopic (exact) mass is 256 g/mol. The molecule has 2 N–H and O–H groups in total. The summed E-state index contributed by atoms with van der Waals surface area (Å²) >= 11 is 0. The summed E-state index contributed by atoms with van der Waals surface area (Å²) in [5.41, 5.74) is 7.21. The van der Waals surface area contributed by atoms with Gasteiger partial charge in [-0.05, 0) is 31.0 Å². The van der Waals surface area contributed by atoms with E-state index in [0.717, 1.165) is 38.4 Å². The van der Waals surface area contributed by atoms with Crippen LogP contribution in [0.5, 0.6) is 5.75 Å². The molecule has 1 atom stereocenters. The van der Waals surface area contributed by atoms with Crippen LogP contribution in [-0.2, 0) is 6.54 Å². The Bertz CT molecular complexity index is 329. The number of hydrogen-bond acceptors (Lipinski definition) is 3. The maximum absolute atomic E-state index is 5.88. The van der Waals surface area contributed by atoms with Crippen LogP contribution in [-0.4, -0.2) is 30.6 Å². The minimum atomic E-state index is 0. The van der Waals surface area contributed by atoms with Gasteiger partial charge >= 0.3 is 0 Å². The van der Waals surface area contributed by atoms with Gasteiger partial charge in [0, 0.05) is 25.7 Å². The second kappa shape index (κ2) is 6.84. The molecule has 2 rings (SSSR count). The van der Waals surface area contributed by atoms with Gasteiger partial charge in [0.15, 0.2) is 0 Å². The van der Waals surface area contributed by atoms with Crippen LogP contribution in [0.3, 0.4) is 0 Å². The first kappa shape index (κ1) is 14.3. The van der Waals surface area contributed by atoms with Crippen molar-refractivity contribution in [1.82, 2.24) is 4.90 Å². The fourth-order valence-corrected chi connectivity index (χ4v) is 2.12. The standard InChI is InChI=1S/C13H20N2O.ClH/c1-2-16-13-5-3-11(4-6-13)9-15-8-7-12(14)10-15;/h3-6,12H,2,7-10,14H2,1H3;1H/t12-;/m0./s1. The smallest absolute Gasteiger partial charge is 0.119 e. The van der Waals surface area contributed by atoms with E-state index in [4.69, 9.17) is 10.5 Å². The summed E-state index contributed by atoms with van der Waals surface area (Å²) in [6.07, 6.45) is 1.12. The van der Waals surface area contributed by atoms with Gasteiger partial charge in [-0.3, -0.25) is 4.90 Å². The van der Waals surface area contributed by atoms with E-state index in [2.05, 4.69) is 17.0 Å². The second-order valence-corrected chi connectivity index (χ2v) is 4.36. The molecule has 0 amide bonds. The highest BCUT2D eigenvalue weighted by Crippen LogP contribution is 2.16. The van der Waals surface area contributed by atoms with E-state index in [9.17, 15) is 0 Å². The summed E-state index contributed by atoms with van der Waals surface area (Å²) in [4.78, 5) is 2.40. The molecule has 1 heterocycles. The van der Waals surface area contributed by atoms with Gasteiger partial charge in [0.1, 0.15) is 5.75 Å². The van der Waals surface area contributed by atoms with Crippen molar-refractivity contribution in [3.05, 3.63) is 29.8 Å². The number of likely N-dealkylation sites (tertiary alicyclic amines) is 1. The topological polar surface area (TPSA) is 38.5 Å². The SMILES string of the molecule is CCOc1ccc(CN2CC[C@H](N)C2)cc1.Cl. The molecule has 17 heavy (non-hydrogen) atoms. The second-order valence-electron chi connectivity index (χ2n) is 4.36. The Balaban J connectivity index is 0.00000144. The summed E-state index contributed by atoms with van der Waals surface area (Å²) in [5, 5.41) is 0. The van der Waals surface area contributed by atoms with E-state index < -0.39 is 0 Å². The average Bonchev–Trinajstić information content (AvgIpc) is 2.67. The molecule has 0 unspecified atom stereocenters. The molecule has 0 saturated carbocycles. The number of nitrogens with two attached hydrogens (primary N) is 1.